The number of fused-ring (bicyclic) bond motifs is 1. The number of Topliss-reactive ketones (excluding diaryl/α,β-unsaturated/α-hetero) is 2. The van der Waals surface area contributed by atoms with Crippen molar-refractivity contribution in [2.45, 2.75) is 123 Å². The molecule has 20 nitrogen and oxygen atoms in total. The molecule has 2 aliphatic heterocycles. The molecule has 0 spiro atoms. The maximum absolute atomic E-state index is 13.9. The predicted octanol–water partition coefficient (Wildman–Crippen LogP) is 4.40. The highest BCUT2D eigenvalue weighted by Crippen LogP contribution is 2.42. The molecule has 2 aromatic heterocycles. The van der Waals surface area contributed by atoms with Crippen LogP contribution in [0.1, 0.15) is 101 Å². The normalized spacial score (nSPS) is 17.4. The summed E-state index contributed by atoms with van der Waals surface area (Å²) in [4.78, 5) is 79.9. The summed E-state index contributed by atoms with van der Waals surface area (Å²) in [6.45, 7) is 3.53. The van der Waals surface area contributed by atoms with E-state index in [4.69, 9.17) is 5.14 Å². The Labute approximate surface area is 412 Å². The Bertz CT molecular complexity index is 2560. The van der Waals surface area contributed by atoms with Crippen molar-refractivity contribution in [2.24, 2.45) is 11.1 Å². The fourth-order valence-corrected chi connectivity index (χ4v) is 13.0. The van der Waals surface area contributed by atoms with Crippen LogP contribution in [-0.4, -0.2) is 124 Å². The molecule has 372 valence electrons. The van der Waals surface area contributed by atoms with Crippen LogP contribution in [0, 0.1) is 5.92 Å². The van der Waals surface area contributed by atoms with Gasteiger partial charge >= 0.3 is 5.97 Å². The number of phenols is 2. The van der Waals surface area contributed by atoms with Gasteiger partial charge in [0, 0.05) is 85.4 Å². The number of hydrogen-bond donors (Lipinski definition) is 6. The van der Waals surface area contributed by atoms with Crippen molar-refractivity contribution in [2.75, 3.05) is 23.5 Å². The Morgan fingerprint density at radius 2 is 1.57 bits per heavy atom. The summed E-state index contributed by atoms with van der Waals surface area (Å²) in [5.74, 6) is -4.21. The summed E-state index contributed by atoms with van der Waals surface area (Å²) in [5.41, 5.74) is 1.62. The molecule has 6 rings (SSSR count). The Morgan fingerprint density at radius 3 is 2.25 bits per heavy atom. The Hall–Kier alpha value is -5.43. The minimum Gasteiger partial charge on any atom is -0.508 e. The Morgan fingerprint density at radius 1 is 0.841 bits per heavy atom. The van der Waals surface area contributed by atoms with E-state index in [9.17, 15) is 52.5 Å². The van der Waals surface area contributed by atoms with Gasteiger partial charge in [-0.25, -0.2) is 13.6 Å². The Balaban J connectivity index is 0.948. The van der Waals surface area contributed by atoms with Gasteiger partial charge in [-0.3, -0.25) is 33.4 Å². The van der Waals surface area contributed by atoms with Gasteiger partial charge in [0.15, 0.2) is 0 Å². The minimum atomic E-state index is -4.03. The molecule has 0 aliphatic carbocycles. The van der Waals surface area contributed by atoms with Crippen molar-refractivity contribution in [3.05, 3.63) is 71.5 Å². The van der Waals surface area contributed by atoms with Crippen molar-refractivity contribution in [3.63, 3.8) is 0 Å². The van der Waals surface area contributed by atoms with Crippen molar-refractivity contribution in [1.29, 1.82) is 0 Å². The fraction of sp³-hybridized carbons (Fsp3) is 0.511. The van der Waals surface area contributed by atoms with Crippen LogP contribution in [0.4, 0.5) is 5.13 Å². The molecule has 3 unspecified atom stereocenters. The second kappa shape index (κ2) is 24.4. The molecule has 2 aromatic carbocycles. The first-order valence-electron chi connectivity index (χ1n) is 22.6. The van der Waals surface area contributed by atoms with Gasteiger partial charge in [0.1, 0.15) is 29.1 Å². The average molecular weight is 1030 g/mol. The quantitative estimate of drug-likeness (QED) is 0.0356. The first kappa shape index (κ1) is 52.9. The molecule has 2 saturated heterocycles. The zero-order valence-electron chi connectivity index (χ0n) is 38.0. The van der Waals surface area contributed by atoms with E-state index < -0.39 is 62.2 Å². The smallest absolute Gasteiger partial charge is 0.307 e. The SMILES string of the molecule is CC(CCC(=O)CCCC(=O)CC(CC(=O)N[C@@H](CCCCn1cc(CCCC(=O)Nc2nnc(S(N)(=O)=O)s2)nn1)C(=O)N1CC2SCS[C@@H]2C1)C(=O)O)(c1ccc(O)cc1)c1cccc(O)c1. The van der Waals surface area contributed by atoms with E-state index in [1.54, 1.807) is 81.8 Å². The summed E-state index contributed by atoms with van der Waals surface area (Å²) < 4.78 is 24.0. The first-order valence-corrected chi connectivity index (χ1v) is 27.0. The lowest BCUT2D eigenvalue weighted by Gasteiger charge is -2.31. The second-order valence-corrected chi connectivity index (χ2v) is 23.0. The summed E-state index contributed by atoms with van der Waals surface area (Å²) in [6, 6.07) is 12.6. The van der Waals surface area contributed by atoms with Gasteiger partial charge in [-0.1, -0.05) is 47.7 Å². The number of rotatable bonds is 27. The molecule has 5 atom stereocenters. The highest BCUT2D eigenvalue weighted by atomic mass is 32.2. The zero-order valence-corrected chi connectivity index (χ0v) is 41.3. The molecule has 3 amide bonds. The van der Waals surface area contributed by atoms with E-state index in [0.29, 0.717) is 79.3 Å². The molecule has 0 saturated carbocycles. The van der Waals surface area contributed by atoms with Crippen LogP contribution in [0.25, 0.3) is 0 Å². The van der Waals surface area contributed by atoms with Gasteiger partial charge in [0.05, 0.1) is 11.6 Å². The monoisotopic (exact) mass is 1030 g/mol. The number of ketones is 2. The largest absolute Gasteiger partial charge is 0.508 e. The maximum atomic E-state index is 13.9. The number of carboxylic acids is 1. The molecule has 7 N–H and O–H groups in total. The van der Waals surface area contributed by atoms with Gasteiger partial charge in [0.2, 0.25) is 27.2 Å². The van der Waals surface area contributed by atoms with Crippen molar-refractivity contribution < 1.29 is 52.5 Å². The lowest BCUT2D eigenvalue weighted by molar-refractivity contribution is -0.146. The number of nitrogens with two attached hydrogens (primary N) is 1. The van der Waals surface area contributed by atoms with Gasteiger partial charge < -0.3 is 30.9 Å². The standard InChI is InChI=1S/C45H57N9O11S4/c1-45(29-14-16-33(56)17-15-29,30-7-4-10-35(58)23-30)19-18-32(55)9-6-11-34(57)21-28(42(62)63)22-40(60)47-36(41(61)53-25-37-38(26-53)67-27-66-37)12-2-3-20-54-24-31(49-52-54)8-5-13-39(59)48-43-50-51-44(68-43)69(46,64)65/h4,7,10,14-17,23-24,28,36-38,56,58H,2-3,5-6,8-9,11-13,18-22,25-27H2,1H3,(H,47,60)(H,62,63)(H2,46,64,65)(H,48,50,59)/t28?,36-,37+,38?,45?/m0/s1. The van der Waals surface area contributed by atoms with Crippen LogP contribution in [0.5, 0.6) is 11.5 Å². The summed E-state index contributed by atoms with van der Waals surface area (Å²) >= 11 is 4.26. The number of carbonyl (C=O) groups excluding carboxylic acids is 5. The summed E-state index contributed by atoms with van der Waals surface area (Å²) in [6.07, 6.45) is 4.03. The number of thioether (sulfide) groups is 2. The minimum absolute atomic E-state index is 0.0163. The number of aromatic hydroxyl groups is 2. The van der Waals surface area contributed by atoms with E-state index in [2.05, 4.69) is 31.1 Å². The third-order valence-corrected chi connectivity index (χ3v) is 17.5. The van der Waals surface area contributed by atoms with Gasteiger partial charge in [-0.05, 0) is 80.3 Å². The lowest BCUT2D eigenvalue weighted by atomic mass is 9.72. The highest BCUT2D eigenvalue weighted by Gasteiger charge is 2.41. The van der Waals surface area contributed by atoms with Crippen LogP contribution in [0.15, 0.2) is 59.1 Å². The molecule has 2 fully saturated rings. The predicted molar refractivity (Wildman–Crippen MR) is 259 cm³/mol. The van der Waals surface area contributed by atoms with E-state index in [0.717, 1.165) is 16.2 Å². The van der Waals surface area contributed by atoms with Gasteiger partial charge in [0.25, 0.3) is 10.0 Å². The molecule has 69 heavy (non-hydrogen) atoms. The van der Waals surface area contributed by atoms with Crippen LogP contribution in [0.3, 0.4) is 0 Å². The third-order valence-electron chi connectivity index (χ3n) is 12.2. The number of nitrogens with zero attached hydrogens (tertiary/aromatic N) is 6. The number of anilines is 1. The van der Waals surface area contributed by atoms with E-state index >= 15 is 0 Å². The van der Waals surface area contributed by atoms with E-state index in [-0.39, 0.29) is 72.8 Å². The fourth-order valence-electron chi connectivity index (χ4n) is 8.34. The van der Waals surface area contributed by atoms with Crippen molar-refractivity contribution >= 4 is 85.3 Å². The van der Waals surface area contributed by atoms with Crippen molar-refractivity contribution in [3.8, 4) is 11.5 Å². The number of amides is 3. The molecule has 4 heterocycles. The van der Waals surface area contributed by atoms with Gasteiger partial charge in [-0.15, -0.1) is 38.8 Å². The van der Waals surface area contributed by atoms with Crippen LogP contribution < -0.4 is 15.8 Å². The maximum Gasteiger partial charge on any atom is 0.307 e. The molecule has 4 aromatic rings. The Kier molecular flexibility index (Phi) is 18.7. The first-order chi connectivity index (χ1) is 32.9. The van der Waals surface area contributed by atoms with Crippen molar-refractivity contribution in [1.82, 2.24) is 35.4 Å². The number of benzene rings is 2. The summed E-state index contributed by atoms with van der Waals surface area (Å²) in [7, 11) is -4.03. The number of aryl methyl sites for hydroxylation is 2. The van der Waals surface area contributed by atoms with E-state index in [1.807, 2.05) is 13.0 Å². The number of aromatic nitrogens is 5. The summed E-state index contributed by atoms with van der Waals surface area (Å²) in [5, 5.41) is 57.4. The number of carboxylic acid groups (broad SMARTS) is 1. The lowest BCUT2D eigenvalue weighted by Crippen LogP contribution is -2.48. The third kappa shape index (κ3) is 15.5. The molecule has 0 bridgehead atoms. The number of phenolic OH excluding ortho intramolecular Hbond substituents is 2. The highest BCUT2D eigenvalue weighted by molar-refractivity contribution is 8.19. The number of hydrogen-bond acceptors (Lipinski definition) is 17. The number of nitrogens with one attached hydrogen (secondary N) is 2. The number of sulfonamides is 1. The average Bonchev–Trinajstić information content (AvgIpc) is 4.13. The number of likely N-dealkylation sites (tertiary alicyclic amines) is 1. The van der Waals surface area contributed by atoms with E-state index in [1.165, 1.54) is 0 Å². The zero-order chi connectivity index (χ0) is 49.7. The number of primary sulfonamides is 1. The molecular formula is C45H57N9O11S4. The molecule has 24 heteroatoms. The van der Waals surface area contributed by atoms with Crippen LogP contribution in [0.2, 0.25) is 0 Å². The van der Waals surface area contributed by atoms with Gasteiger partial charge in [-0.2, -0.15) is 0 Å². The molecule has 0 radical (unpaired) electrons. The molecular weight excluding hydrogens is 971 g/mol. The second-order valence-electron chi connectivity index (χ2n) is 17.5. The van der Waals surface area contributed by atoms with Crippen LogP contribution >= 0.6 is 34.9 Å². The number of carbonyl (C=O) groups is 6. The molecule has 2 aliphatic rings. The van der Waals surface area contributed by atoms with Crippen LogP contribution in [-0.2, 0) is 57.2 Å². The number of unbranched alkanes of at least 4 members (excludes halogenated alkanes) is 1. The topological polar surface area (TPSA) is 307 Å². The number of aliphatic carboxylic acids is 1.